The molecule has 4 rings (SSSR count). The number of anilines is 1. The van der Waals surface area contributed by atoms with Crippen LogP contribution in [0.25, 0.3) is 0 Å². The zero-order valence-electron chi connectivity index (χ0n) is 18.3. The van der Waals surface area contributed by atoms with Crippen molar-refractivity contribution in [2.45, 2.75) is 63.9 Å². The maximum Gasteiger partial charge on any atom is 0.342 e. The van der Waals surface area contributed by atoms with Gasteiger partial charge in [0.25, 0.3) is 0 Å². The van der Waals surface area contributed by atoms with Crippen LogP contribution in [0.15, 0.2) is 42.5 Å². The summed E-state index contributed by atoms with van der Waals surface area (Å²) in [5, 5.41) is 0. The van der Waals surface area contributed by atoms with Crippen LogP contribution in [-0.2, 0) is 16.0 Å². The van der Waals surface area contributed by atoms with E-state index in [-0.39, 0.29) is 18.0 Å². The molecule has 2 fully saturated rings. The number of carbonyl (C=O) groups excluding carboxylic acids is 2. The van der Waals surface area contributed by atoms with Gasteiger partial charge in [-0.3, -0.25) is 4.79 Å². The summed E-state index contributed by atoms with van der Waals surface area (Å²) >= 11 is 0. The molecule has 0 aromatic heterocycles. The fraction of sp³-hybridized carbons (Fsp3) is 0.462. The Balaban J connectivity index is 1.70. The summed E-state index contributed by atoms with van der Waals surface area (Å²) in [6.07, 6.45) is 8.27. The average Bonchev–Trinajstić information content (AvgIpc) is 2.80. The summed E-state index contributed by atoms with van der Waals surface area (Å²) in [6, 6.07) is 13.9. The maximum absolute atomic E-state index is 13.1. The summed E-state index contributed by atoms with van der Waals surface area (Å²) in [5.74, 6) is 0.248. The molecule has 5 nitrogen and oxygen atoms in total. The molecule has 0 atom stereocenters. The second-order valence-corrected chi connectivity index (χ2v) is 8.51. The molecule has 1 amide bonds. The molecule has 5 heteroatoms. The summed E-state index contributed by atoms with van der Waals surface area (Å²) in [5.41, 5.74) is 3.32. The first kappa shape index (κ1) is 21.4. The Labute approximate surface area is 184 Å². The average molecular weight is 422 g/mol. The molecule has 0 radical (unpaired) electrons. The van der Waals surface area contributed by atoms with Gasteiger partial charge in [-0.1, -0.05) is 36.8 Å². The SMILES string of the molecule is COc1cc(Cc2ccccc2)c(N2CCCCC2=O)cc1C(=O)OC1CCCCC1. The summed E-state index contributed by atoms with van der Waals surface area (Å²) in [6.45, 7) is 0.671. The van der Waals surface area contributed by atoms with E-state index in [0.717, 1.165) is 55.3 Å². The third-order valence-corrected chi connectivity index (χ3v) is 6.30. The molecule has 2 aromatic carbocycles. The number of esters is 1. The van der Waals surface area contributed by atoms with Gasteiger partial charge in [-0.15, -0.1) is 0 Å². The first-order valence-electron chi connectivity index (χ1n) is 11.4. The minimum absolute atomic E-state index is 0.0324. The Morgan fingerprint density at radius 2 is 1.81 bits per heavy atom. The van der Waals surface area contributed by atoms with Gasteiger partial charge in [-0.25, -0.2) is 4.79 Å². The first-order chi connectivity index (χ1) is 15.2. The molecule has 0 bridgehead atoms. The Morgan fingerprint density at radius 3 is 2.52 bits per heavy atom. The monoisotopic (exact) mass is 421 g/mol. The molecule has 1 heterocycles. The lowest BCUT2D eigenvalue weighted by molar-refractivity contribution is -0.119. The summed E-state index contributed by atoms with van der Waals surface area (Å²) in [4.78, 5) is 27.6. The van der Waals surface area contributed by atoms with E-state index in [4.69, 9.17) is 9.47 Å². The number of hydrogen-bond donors (Lipinski definition) is 0. The number of nitrogens with zero attached hydrogens (tertiary/aromatic N) is 1. The smallest absolute Gasteiger partial charge is 0.342 e. The van der Waals surface area contributed by atoms with Crippen molar-refractivity contribution < 1.29 is 19.1 Å². The number of benzene rings is 2. The fourth-order valence-corrected chi connectivity index (χ4v) is 4.61. The van der Waals surface area contributed by atoms with Crippen LogP contribution in [0.4, 0.5) is 5.69 Å². The van der Waals surface area contributed by atoms with Gasteiger partial charge in [0.15, 0.2) is 0 Å². The number of hydrogen-bond acceptors (Lipinski definition) is 4. The molecule has 1 aliphatic carbocycles. The molecule has 0 N–H and O–H groups in total. The lowest BCUT2D eigenvalue weighted by atomic mass is 9.97. The fourth-order valence-electron chi connectivity index (χ4n) is 4.61. The predicted molar refractivity (Wildman–Crippen MR) is 121 cm³/mol. The maximum atomic E-state index is 13.1. The van der Waals surface area contributed by atoms with Gasteiger partial charge in [0.05, 0.1) is 7.11 Å². The van der Waals surface area contributed by atoms with Crippen molar-refractivity contribution in [3.05, 3.63) is 59.2 Å². The van der Waals surface area contributed by atoms with E-state index in [0.29, 0.717) is 30.7 Å². The lowest BCUT2D eigenvalue weighted by Crippen LogP contribution is -2.36. The molecule has 1 saturated carbocycles. The standard InChI is InChI=1S/C26H31NO4/c1-30-24-17-20(16-19-10-4-2-5-11-19)23(27-15-9-8-14-25(27)28)18-22(24)26(29)31-21-12-6-3-7-13-21/h2,4-5,10-11,17-18,21H,3,6-9,12-16H2,1H3. The van der Waals surface area contributed by atoms with Crippen LogP contribution >= 0.6 is 0 Å². The number of rotatable bonds is 6. The van der Waals surface area contributed by atoms with Gasteiger partial charge >= 0.3 is 5.97 Å². The van der Waals surface area contributed by atoms with Crippen LogP contribution in [0, 0.1) is 0 Å². The molecule has 2 aromatic rings. The second-order valence-electron chi connectivity index (χ2n) is 8.51. The van der Waals surface area contributed by atoms with E-state index < -0.39 is 0 Å². The highest BCUT2D eigenvalue weighted by atomic mass is 16.5. The van der Waals surface area contributed by atoms with Crippen molar-refractivity contribution in [3.63, 3.8) is 0 Å². The molecule has 0 spiro atoms. The van der Waals surface area contributed by atoms with Crippen molar-refractivity contribution in [2.75, 3.05) is 18.6 Å². The number of ether oxygens (including phenoxy) is 2. The van der Waals surface area contributed by atoms with E-state index in [1.807, 2.05) is 35.2 Å². The van der Waals surface area contributed by atoms with Gasteiger partial charge in [0, 0.05) is 18.7 Å². The minimum Gasteiger partial charge on any atom is -0.496 e. The van der Waals surface area contributed by atoms with Crippen molar-refractivity contribution >= 4 is 17.6 Å². The molecular formula is C26H31NO4. The Hall–Kier alpha value is -2.82. The zero-order chi connectivity index (χ0) is 21.6. The molecule has 2 aliphatic rings. The quantitative estimate of drug-likeness (QED) is 0.595. The minimum atomic E-state index is -0.360. The van der Waals surface area contributed by atoms with Gasteiger partial charge in [-0.2, -0.15) is 0 Å². The van der Waals surface area contributed by atoms with E-state index >= 15 is 0 Å². The van der Waals surface area contributed by atoms with Gasteiger partial charge in [0.1, 0.15) is 17.4 Å². The summed E-state index contributed by atoms with van der Waals surface area (Å²) < 4.78 is 11.4. The highest BCUT2D eigenvalue weighted by Crippen LogP contribution is 2.34. The summed E-state index contributed by atoms with van der Waals surface area (Å²) in [7, 11) is 1.57. The van der Waals surface area contributed by atoms with Gasteiger partial charge < -0.3 is 14.4 Å². The van der Waals surface area contributed by atoms with Crippen LogP contribution in [0.3, 0.4) is 0 Å². The van der Waals surface area contributed by atoms with Gasteiger partial charge in [0.2, 0.25) is 5.91 Å². The normalized spacial score (nSPS) is 17.5. The van der Waals surface area contributed by atoms with E-state index in [2.05, 4.69) is 12.1 Å². The van der Waals surface area contributed by atoms with Crippen molar-refractivity contribution in [2.24, 2.45) is 0 Å². The van der Waals surface area contributed by atoms with Crippen LogP contribution < -0.4 is 9.64 Å². The van der Waals surface area contributed by atoms with Gasteiger partial charge in [-0.05, 0) is 68.2 Å². The molecule has 164 valence electrons. The van der Waals surface area contributed by atoms with Crippen molar-refractivity contribution in [1.82, 2.24) is 0 Å². The van der Waals surface area contributed by atoms with Crippen LogP contribution in [0.5, 0.6) is 5.75 Å². The lowest BCUT2D eigenvalue weighted by Gasteiger charge is -2.30. The molecule has 1 saturated heterocycles. The molecule has 1 aliphatic heterocycles. The highest BCUT2D eigenvalue weighted by Gasteiger charge is 2.27. The number of amides is 1. The van der Waals surface area contributed by atoms with E-state index in [1.165, 1.54) is 6.42 Å². The molecular weight excluding hydrogens is 390 g/mol. The Morgan fingerprint density at radius 1 is 1.03 bits per heavy atom. The van der Waals surface area contributed by atoms with Crippen molar-refractivity contribution in [1.29, 1.82) is 0 Å². The Bertz CT molecular complexity index is 919. The predicted octanol–water partition coefficient (Wildman–Crippen LogP) is 5.29. The van der Waals surface area contributed by atoms with E-state index in [1.54, 1.807) is 7.11 Å². The number of carbonyl (C=O) groups is 2. The third kappa shape index (κ3) is 5.09. The zero-order valence-corrected chi connectivity index (χ0v) is 18.3. The topological polar surface area (TPSA) is 55.8 Å². The second kappa shape index (κ2) is 9.99. The highest BCUT2D eigenvalue weighted by molar-refractivity contribution is 5.99. The number of methoxy groups -OCH3 is 1. The van der Waals surface area contributed by atoms with Crippen LogP contribution in [-0.4, -0.2) is 31.6 Å². The largest absolute Gasteiger partial charge is 0.496 e. The van der Waals surface area contributed by atoms with Crippen LogP contribution in [0.2, 0.25) is 0 Å². The number of piperidine rings is 1. The third-order valence-electron chi connectivity index (χ3n) is 6.30. The van der Waals surface area contributed by atoms with Crippen LogP contribution in [0.1, 0.15) is 72.9 Å². The molecule has 0 unspecified atom stereocenters. The van der Waals surface area contributed by atoms with Crippen molar-refractivity contribution in [3.8, 4) is 5.75 Å². The Kier molecular flexibility index (Phi) is 6.90. The van der Waals surface area contributed by atoms with E-state index in [9.17, 15) is 9.59 Å². The molecule has 31 heavy (non-hydrogen) atoms. The first-order valence-corrected chi connectivity index (χ1v) is 11.4.